The lowest BCUT2D eigenvalue weighted by molar-refractivity contribution is -0.0369. The average molecular weight is 261 g/mol. The van der Waals surface area contributed by atoms with E-state index in [1.807, 2.05) is 6.07 Å². The first-order valence-electron chi connectivity index (χ1n) is 6.39. The number of ketones is 1. The molecule has 1 saturated heterocycles. The van der Waals surface area contributed by atoms with E-state index < -0.39 is 11.6 Å². The first-order chi connectivity index (χ1) is 9.18. The van der Waals surface area contributed by atoms with Gasteiger partial charge >= 0.3 is 5.97 Å². The largest absolute Gasteiger partial charge is 0.448 e. The van der Waals surface area contributed by atoms with Crippen molar-refractivity contribution in [2.24, 2.45) is 0 Å². The van der Waals surface area contributed by atoms with Crippen LogP contribution in [0.5, 0.6) is 0 Å². The predicted octanol–water partition coefficient (Wildman–Crippen LogP) is 0.611. The Morgan fingerprint density at radius 1 is 1.42 bits per heavy atom. The first-order valence-corrected chi connectivity index (χ1v) is 6.39. The van der Waals surface area contributed by atoms with Gasteiger partial charge in [0, 0.05) is 37.2 Å². The Bertz CT molecular complexity index is 548. The SMILES string of the molecule is O=C(CCCO)c1cccc2c1C(=O)OC21CNC1. The van der Waals surface area contributed by atoms with Crippen LogP contribution >= 0.6 is 0 Å². The van der Waals surface area contributed by atoms with Gasteiger partial charge in [0.15, 0.2) is 11.4 Å². The van der Waals surface area contributed by atoms with Crippen molar-refractivity contribution in [2.75, 3.05) is 19.7 Å². The van der Waals surface area contributed by atoms with E-state index in [2.05, 4.69) is 5.32 Å². The normalized spacial score (nSPS) is 18.9. The molecule has 2 aliphatic heterocycles. The zero-order valence-corrected chi connectivity index (χ0v) is 10.4. The first kappa shape index (κ1) is 12.3. The number of benzene rings is 1. The molecule has 0 saturated carbocycles. The third-order valence-electron chi connectivity index (χ3n) is 3.73. The topological polar surface area (TPSA) is 75.6 Å². The van der Waals surface area contributed by atoms with Crippen molar-refractivity contribution in [1.29, 1.82) is 0 Å². The van der Waals surface area contributed by atoms with Gasteiger partial charge in [0.05, 0.1) is 5.56 Å². The van der Waals surface area contributed by atoms with Gasteiger partial charge in [-0.05, 0) is 6.42 Å². The smallest absolute Gasteiger partial charge is 0.340 e. The minimum absolute atomic E-state index is 0.0287. The third kappa shape index (κ3) is 1.77. The number of fused-ring (bicyclic) bond motifs is 2. The van der Waals surface area contributed by atoms with Crippen LogP contribution in [-0.2, 0) is 10.3 Å². The molecular weight excluding hydrogens is 246 g/mol. The van der Waals surface area contributed by atoms with E-state index in [0.29, 0.717) is 30.6 Å². The number of hydrogen-bond acceptors (Lipinski definition) is 5. The van der Waals surface area contributed by atoms with Crippen molar-refractivity contribution in [3.8, 4) is 0 Å². The van der Waals surface area contributed by atoms with Crippen LogP contribution in [0.1, 0.15) is 39.1 Å². The van der Waals surface area contributed by atoms with E-state index in [0.717, 1.165) is 5.56 Å². The molecule has 0 radical (unpaired) electrons. The monoisotopic (exact) mass is 261 g/mol. The van der Waals surface area contributed by atoms with Gasteiger partial charge < -0.3 is 15.2 Å². The van der Waals surface area contributed by atoms with Gasteiger partial charge in [-0.2, -0.15) is 0 Å². The van der Waals surface area contributed by atoms with Gasteiger partial charge in [0.1, 0.15) is 0 Å². The molecule has 1 aromatic rings. The second-order valence-corrected chi connectivity index (χ2v) is 4.97. The maximum absolute atomic E-state index is 12.1. The van der Waals surface area contributed by atoms with Gasteiger partial charge in [0.2, 0.25) is 0 Å². The molecule has 5 nitrogen and oxygen atoms in total. The third-order valence-corrected chi connectivity index (χ3v) is 3.73. The van der Waals surface area contributed by atoms with E-state index in [1.165, 1.54) is 0 Å². The van der Waals surface area contributed by atoms with E-state index in [1.54, 1.807) is 12.1 Å². The summed E-state index contributed by atoms with van der Waals surface area (Å²) in [6.07, 6.45) is 0.649. The Kier molecular flexibility index (Phi) is 2.88. The van der Waals surface area contributed by atoms with Crippen LogP contribution in [-0.4, -0.2) is 36.6 Å². The van der Waals surface area contributed by atoms with Crippen LogP contribution in [0.15, 0.2) is 18.2 Å². The van der Waals surface area contributed by atoms with Gasteiger partial charge in [0.25, 0.3) is 0 Å². The molecule has 19 heavy (non-hydrogen) atoms. The molecular formula is C14H15NO4. The highest BCUT2D eigenvalue weighted by molar-refractivity contribution is 6.08. The van der Waals surface area contributed by atoms with Crippen LogP contribution in [0.2, 0.25) is 0 Å². The number of aliphatic hydroxyl groups excluding tert-OH is 1. The minimum Gasteiger partial charge on any atom is -0.448 e. The second-order valence-electron chi connectivity index (χ2n) is 4.97. The standard InChI is InChI=1S/C14H15NO4/c16-6-2-5-11(17)9-3-1-4-10-12(9)13(18)19-14(10)7-15-8-14/h1,3-4,15-16H,2,5-8H2. The molecule has 0 unspecified atom stereocenters. The summed E-state index contributed by atoms with van der Waals surface area (Å²) in [4.78, 5) is 24.1. The number of nitrogens with one attached hydrogen (secondary N) is 1. The van der Waals surface area contributed by atoms with Gasteiger partial charge in [-0.1, -0.05) is 18.2 Å². The van der Waals surface area contributed by atoms with E-state index in [9.17, 15) is 9.59 Å². The van der Waals surface area contributed by atoms with Gasteiger partial charge in [-0.3, -0.25) is 4.79 Å². The number of ether oxygens (including phenoxy) is 1. The fraction of sp³-hybridized carbons (Fsp3) is 0.429. The number of aliphatic hydroxyl groups is 1. The molecule has 1 aromatic carbocycles. The number of carbonyl (C=O) groups excluding carboxylic acids is 2. The van der Waals surface area contributed by atoms with Crippen LogP contribution in [0.4, 0.5) is 0 Å². The van der Waals surface area contributed by atoms with E-state index >= 15 is 0 Å². The summed E-state index contributed by atoms with van der Waals surface area (Å²) in [5, 5.41) is 11.9. The number of hydrogen-bond donors (Lipinski definition) is 2. The molecule has 1 fully saturated rings. The number of esters is 1. The molecule has 0 atom stereocenters. The van der Waals surface area contributed by atoms with Crippen molar-refractivity contribution >= 4 is 11.8 Å². The molecule has 100 valence electrons. The Labute approximate surface area is 110 Å². The van der Waals surface area contributed by atoms with Gasteiger partial charge in [-0.25, -0.2) is 4.79 Å². The predicted molar refractivity (Wildman–Crippen MR) is 67.1 cm³/mol. The average Bonchev–Trinajstić information content (AvgIpc) is 2.69. The number of rotatable bonds is 4. The maximum atomic E-state index is 12.1. The Morgan fingerprint density at radius 2 is 2.21 bits per heavy atom. The molecule has 0 bridgehead atoms. The van der Waals surface area contributed by atoms with Crippen LogP contribution in [0, 0.1) is 0 Å². The van der Waals surface area contributed by atoms with E-state index in [4.69, 9.17) is 9.84 Å². The lowest BCUT2D eigenvalue weighted by Crippen LogP contribution is -2.56. The van der Waals surface area contributed by atoms with Gasteiger partial charge in [-0.15, -0.1) is 0 Å². The Hall–Kier alpha value is -1.72. The number of carbonyl (C=O) groups is 2. The summed E-state index contributed by atoms with van der Waals surface area (Å²) in [7, 11) is 0. The summed E-state index contributed by atoms with van der Waals surface area (Å²) in [6, 6.07) is 5.29. The fourth-order valence-corrected chi connectivity index (χ4v) is 2.66. The molecule has 5 heteroatoms. The Morgan fingerprint density at radius 3 is 2.84 bits per heavy atom. The van der Waals surface area contributed by atoms with Crippen molar-refractivity contribution in [3.05, 3.63) is 34.9 Å². The molecule has 0 aliphatic carbocycles. The van der Waals surface area contributed by atoms with Crippen LogP contribution in [0.25, 0.3) is 0 Å². The molecule has 3 rings (SSSR count). The molecule has 0 amide bonds. The quantitative estimate of drug-likeness (QED) is 0.613. The highest BCUT2D eigenvalue weighted by atomic mass is 16.6. The molecule has 0 aromatic heterocycles. The van der Waals surface area contributed by atoms with Crippen molar-refractivity contribution in [3.63, 3.8) is 0 Å². The molecule has 1 spiro atoms. The summed E-state index contributed by atoms with van der Waals surface area (Å²) < 4.78 is 5.45. The van der Waals surface area contributed by atoms with Crippen LogP contribution < -0.4 is 5.32 Å². The summed E-state index contributed by atoms with van der Waals surface area (Å²) >= 11 is 0. The van der Waals surface area contributed by atoms with Crippen molar-refractivity contribution < 1.29 is 19.4 Å². The lowest BCUT2D eigenvalue weighted by Gasteiger charge is -2.38. The zero-order valence-electron chi connectivity index (χ0n) is 10.4. The molecule has 2 heterocycles. The maximum Gasteiger partial charge on any atom is 0.340 e. The zero-order chi connectivity index (χ0) is 13.5. The van der Waals surface area contributed by atoms with Crippen molar-refractivity contribution in [2.45, 2.75) is 18.4 Å². The highest BCUT2D eigenvalue weighted by Gasteiger charge is 2.51. The summed E-state index contributed by atoms with van der Waals surface area (Å²) in [5.41, 5.74) is 1.07. The van der Waals surface area contributed by atoms with Crippen molar-refractivity contribution in [1.82, 2.24) is 5.32 Å². The minimum atomic E-state index is -0.570. The highest BCUT2D eigenvalue weighted by Crippen LogP contribution is 2.40. The summed E-state index contributed by atoms with van der Waals surface area (Å²) in [6.45, 7) is 1.17. The molecule has 2 aliphatic rings. The molecule has 2 N–H and O–H groups in total. The fourth-order valence-electron chi connectivity index (χ4n) is 2.66. The lowest BCUT2D eigenvalue weighted by atomic mass is 9.85. The van der Waals surface area contributed by atoms with Crippen LogP contribution in [0.3, 0.4) is 0 Å². The second kappa shape index (κ2) is 4.43. The Balaban J connectivity index is 2.00. The number of Topliss-reactive ketones (excluding diaryl/α,β-unsaturated/α-hetero) is 1. The summed E-state index contributed by atoms with van der Waals surface area (Å²) in [5.74, 6) is -0.531. The van der Waals surface area contributed by atoms with E-state index in [-0.39, 0.29) is 18.8 Å².